The third-order valence-corrected chi connectivity index (χ3v) is 5.16. The topological polar surface area (TPSA) is 63.4 Å². The molecular weight excluding hydrogens is 316 g/mol. The maximum atomic E-state index is 11.3. The summed E-state index contributed by atoms with van der Waals surface area (Å²) in [5.41, 5.74) is -0.00140. The van der Waals surface area contributed by atoms with Gasteiger partial charge in [0.15, 0.2) is 0 Å². The number of aliphatic hydroxyl groups is 1. The molecule has 0 bridgehead atoms. The summed E-state index contributed by atoms with van der Waals surface area (Å²) in [5, 5.41) is 15.6. The molecule has 0 radical (unpaired) electrons. The summed E-state index contributed by atoms with van der Waals surface area (Å²) < 4.78 is 7.19. The van der Waals surface area contributed by atoms with Crippen molar-refractivity contribution >= 4 is 0 Å². The quantitative estimate of drug-likeness (QED) is 0.836. The molecule has 2 heterocycles. The maximum absolute atomic E-state index is 11.3. The molecule has 1 aliphatic heterocycles. The Morgan fingerprint density at radius 2 is 2.08 bits per heavy atom. The lowest BCUT2D eigenvalue weighted by atomic mass is 9.86. The lowest BCUT2D eigenvalue weighted by molar-refractivity contribution is -0.0264. The molecule has 2 atom stereocenters. The smallest absolute Gasteiger partial charge is 0.141 e. The van der Waals surface area contributed by atoms with Gasteiger partial charge in [-0.1, -0.05) is 19.1 Å². The monoisotopic (exact) mass is 344 g/mol. The molecule has 0 spiro atoms. The summed E-state index contributed by atoms with van der Waals surface area (Å²) in [4.78, 5) is 6.76. The van der Waals surface area contributed by atoms with Crippen molar-refractivity contribution < 1.29 is 9.84 Å². The van der Waals surface area contributed by atoms with E-state index < -0.39 is 5.60 Å². The standard InChI is InChI=1S/C19H28N4O2/c1-4-11-23-18(20-14-21-23)13-22-12-5-6-17(22)19(2,24)15-7-9-16(25-3)10-8-15/h7-10,14,17,24H,4-6,11-13H2,1-3H3/t17-,19+/m1/s1. The minimum absolute atomic E-state index is 0.0627. The summed E-state index contributed by atoms with van der Waals surface area (Å²) in [5.74, 6) is 1.77. The average molecular weight is 344 g/mol. The number of ether oxygens (including phenoxy) is 1. The van der Waals surface area contributed by atoms with Crippen molar-refractivity contribution in [3.05, 3.63) is 42.0 Å². The van der Waals surface area contributed by atoms with Gasteiger partial charge >= 0.3 is 0 Å². The molecule has 1 N–H and O–H groups in total. The van der Waals surface area contributed by atoms with Gasteiger partial charge in [0.1, 0.15) is 23.5 Å². The highest BCUT2D eigenvalue weighted by Crippen LogP contribution is 2.35. The molecule has 1 fully saturated rings. The molecule has 0 amide bonds. The van der Waals surface area contributed by atoms with Crippen LogP contribution in [0.1, 0.15) is 44.5 Å². The molecule has 1 saturated heterocycles. The van der Waals surface area contributed by atoms with E-state index in [0.717, 1.165) is 56.0 Å². The van der Waals surface area contributed by atoms with E-state index in [-0.39, 0.29) is 6.04 Å². The predicted octanol–water partition coefficient (Wildman–Crippen LogP) is 2.57. The Kier molecular flexibility index (Phi) is 5.39. The van der Waals surface area contributed by atoms with Gasteiger partial charge in [-0.2, -0.15) is 5.10 Å². The van der Waals surface area contributed by atoms with Crippen LogP contribution in [0.4, 0.5) is 0 Å². The van der Waals surface area contributed by atoms with Gasteiger partial charge in [0.05, 0.1) is 13.7 Å². The van der Waals surface area contributed by atoms with Crippen molar-refractivity contribution in [1.82, 2.24) is 19.7 Å². The molecule has 25 heavy (non-hydrogen) atoms. The first-order chi connectivity index (χ1) is 12.1. The van der Waals surface area contributed by atoms with E-state index in [9.17, 15) is 5.11 Å². The zero-order valence-electron chi connectivity index (χ0n) is 15.4. The number of likely N-dealkylation sites (tertiary alicyclic amines) is 1. The van der Waals surface area contributed by atoms with Gasteiger partial charge in [0.25, 0.3) is 0 Å². The summed E-state index contributed by atoms with van der Waals surface area (Å²) in [6.07, 6.45) is 4.71. The second kappa shape index (κ2) is 7.54. The number of rotatable bonds is 7. The Morgan fingerprint density at radius 1 is 1.32 bits per heavy atom. The van der Waals surface area contributed by atoms with Crippen molar-refractivity contribution in [2.24, 2.45) is 0 Å². The average Bonchev–Trinajstić information content (AvgIpc) is 3.26. The van der Waals surface area contributed by atoms with Crippen LogP contribution in [0.25, 0.3) is 0 Å². The van der Waals surface area contributed by atoms with E-state index in [0.29, 0.717) is 0 Å². The van der Waals surface area contributed by atoms with Crippen LogP contribution in [-0.4, -0.2) is 44.5 Å². The van der Waals surface area contributed by atoms with Gasteiger partial charge in [0, 0.05) is 12.6 Å². The molecule has 0 saturated carbocycles. The Morgan fingerprint density at radius 3 is 2.76 bits per heavy atom. The Hall–Kier alpha value is -1.92. The van der Waals surface area contributed by atoms with E-state index in [1.165, 1.54) is 0 Å². The summed E-state index contributed by atoms with van der Waals surface area (Å²) in [6.45, 7) is 6.61. The highest BCUT2D eigenvalue weighted by atomic mass is 16.5. The van der Waals surface area contributed by atoms with Crippen molar-refractivity contribution in [1.29, 1.82) is 0 Å². The second-order valence-corrected chi connectivity index (χ2v) is 6.90. The fourth-order valence-corrected chi connectivity index (χ4v) is 3.76. The predicted molar refractivity (Wildman–Crippen MR) is 96.3 cm³/mol. The molecule has 1 aliphatic rings. The molecule has 0 aliphatic carbocycles. The second-order valence-electron chi connectivity index (χ2n) is 6.90. The van der Waals surface area contributed by atoms with Crippen molar-refractivity contribution in [2.75, 3.05) is 13.7 Å². The number of hydrogen-bond acceptors (Lipinski definition) is 5. The van der Waals surface area contributed by atoms with Crippen LogP contribution in [-0.2, 0) is 18.7 Å². The van der Waals surface area contributed by atoms with Gasteiger partial charge < -0.3 is 9.84 Å². The van der Waals surface area contributed by atoms with E-state index in [1.807, 2.05) is 35.9 Å². The van der Waals surface area contributed by atoms with Gasteiger partial charge in [-0.3, -0.25) is 4.90 Å². The Bertz CT molecular complexity index is 681. The minimum Gasteiger partial charge on any atom is -0.497 e. The first kappa shape index (κ1) is 17.9. The van der Waals surface area contributed by atoms with Crippen LogP contribution in [0.2, 0.25) is 0 Å². The fraction of sp³-hybridized carbons (Fsp3) is 0.579. The third kappa shape index (κ3) is 3.70. The first-order valence-corrected chi connectivity index (χ1v) is 9.04. The van der Waals surface area contributed by atoms with E-state index in [2.05, 4.69) is 21.9 Å². The molecule has 1 aromatic heterocycles. The van der Waals surface area contributed by atoms with E-state index in [1.54, 1.807) is 13.4 Å². The molecule has 6 heteroatoms. The van der Waals surface area contributed by atoms with Crippen molar-refractivity contribution in [2.45, 2.75) is 57.8 Å². The molecule has 1 aromatic carbocycles. The number of nitrogens with zero attached hydrogens (tertiary/aromatic N) is 4. The third-order valence-electron chi connectivity index (χ3n) is 5.16. The van der Waals surface area contributed by atoms with Crippen molar-refractivity contribution in [3.63, 3.8) is 0 Å². The lowest BCUT2D eigenvalue weighted by Crippen LogP contribution is -2.45. The van der Waals surface area contributed by atoms with Crippen LogP contribution in [0.15, 0.2) is 30.6 Å². The van der Waals surface area contributed by atoms with Crippen LogP contribution < -0.4 is 4.74 Å². The minimum atomic E-state index is -0.918. The van der Waals surface area contributed by atoms with Gasteiger partial charge in [-0.15, -0.1) is 0 Å². The molecule has 0 unspecified atom stereocenters. The lowest BCUT2D eigenvalue weighted by Gasteiger charge is -2.37. The number of methoxy groups -OCH3 is 1. The highest BCUT2D eigenvalue weighted by Gasteiger charge is 2.40. The van der Waals surface area contributed by atoms with Crippen molar-refractivity contribution in [3.8, 4) is 5.75 Å². The molecule has 6 nitrogen and oxygen atoms in total. The van der Waals surface area contributed by atoms with Crippen LogP contribution in [0.3, 0.4) is 0 Å². The fourth-order valence-electron chi connectivity index (χ4n) is 3.76. The van der Waals surface area contributed by atoms with Gasteiger partial charge in [-0.25, -0.2) is 9.67 Å². The van der Waals surface area contributed by atoms with E-state index in [4.69, 9.17) is 4.74 Å². The highest BCUT2D eigenvalue weighted by molar-refractivity contribution is 5.31. The van der Waals surface area contributed by atoms with Gasteiger partial charge in [-0.05, 0) is 50.4 Å². The number of hydrogen-bond donors (Lipinski definition) is 1. The molecular formula is C19H28N4O2. The van der Waals surface area contributed by atoms with E-state index >= 15 is 0 Å². The number of benzene rings is 1. The summed E-state index contributed by atoms with van der Waals surface area (Å²) in [7, 11) is 1.65. The van der Waals surface area contributed by atoms with Gasteiger partial charge in [0.2, 0.25) is 0 Å². The first-order valence-electron chi connectivity index (χ1n) is 9.04. The SMILES string of the molecule is CCCn1ncnc1CN1CCC[C@@H]1[C@@](C)(O)c1ccc(OC)cc1. The summed E-state index contributed by atoms with van der Waals surface area (Å²) >= 11 is 0. The van der Waals surface area contributed by atoms with Crippen LogP contribution >= 0.6 is 0 Å². The zero-order valence-corrected chi connectivity index (χ0v) is 15.4. The molecule has 2 aromatic rings. The maximum Gasteiger partial charge on any atom is 0.141 e. The Labute approximate surface area is 149 Å². The van der Waals surface area contributed by atoms with Crippen LogP contribution in [0.5, 0.6) is 5.75 Å². The summed E-state index contributed by atoms with van der Waals surface area (Å²) in [6, 6.07) is 7.78. The largest absolute Gasteiger partial charge is 0.497 e. The molecule has 136 valence electrons. The zero-order chi connectivity index (χ0) is 17.9. The normalized spacial score (nSPS) is 20.6. The Balaban J connectivity index is 1.78. The number of aryl methyl sites for hydroxylation is 1. The molecule has 3 rings (SSSR count). The van der Waals surface area contributed by atoms with Crippen LogP contribution in [0, 0.1) is 0 Å². The number of aromatic nitrogens is 3.